The lowest BCUT2D eigenvalue weighted by molar-refractivity contribution is 0.0674. The van der Waals surface area contributed by atoms with E-state index in [0.717, 1.165) is 12.8 Å². The van der Waals surface area contributed by atoms with Gasteiger partial charge in [0, 0.05) is 33.9 Å². The second-order valence-corrected chi connectivity index (χ2v) is 8.17. The highest BCUT2D eigenvalue weighted by Crippen LogP contribution is 2.24. The summed E-state index contributed by atoms with van der Waals surface area (Å²) in [6.45, 7) is 8.77. The van der Waals surface area contributed by atoms with Crippen molar-refractivity contribution in [3.05, 3.63) is 0 Å². The number of ether oxygens (including phenoxy) is 1. The number of hydrogen-bond donors (Lipinski definition) is 1. The number of carbonyl (C=O) groups excluding carboxylic acids is 1. The van der Waals surface area contributed by atoms with Gasteiger partial charge in [0.25, 0.3) is 0 Å². The molecule has 0 spiro atoms. The molecule has 2 N–H and O–H groups in total. The van der Waals surface area contributed by atoms with E-state index in [-0.39, 0.29) is 16.1 Å². The van der Waals surface area contributed by atoms with Crippen molar-refractivity contribution in [2.45, 2.75) is 56.8 Å². The molecule has 1 aliphatic rings. The van der Waals surface area contributed by atoms with E-state index in [1.165, 1.54) is 0 Å². The Morgan fingerprint density at radius 2 is 1.89 bits per heavy atom. The molecule has 1 heterocycles. The van der Waals surface area contributed by atoms with E-state index in [9.17, 15) is 9.00 Å². The summed E-state index contributed by atoms with van der Waals surface area (Å²) in [4.78, 5) is 13.3. The zero-order valence-electron chi connectivity index (χ0n) is 11.6. The van der Waals surface area contributed by atoms with Crippen LogP contribution in [-0.4, -0.2) is 44.5 Å². The topological polar surface area (TPSA) is 72.6 Å². The molecule has 0 bridgehead atoms. The van der Waals surface area contributed by atoms with Gasteiger partial charge in [-0.3, -0.25) is 9.94 Å². The van der Waals surface area contributed by atoms with E-state index in [1.807, 2.05) is 20.8 Å². The first-order valence-electron chi connectivity index (χ1n) is 6.33. The Labute approximate surface area is 111 Å². The van der Waals surface area contributed by atoms with Crippen LogP contribution in [0.1, 0.15) is 40.5 Å². The molecule has 106 valence electrons. The molecule has 0 aromatic rings. The minimum absolute atomic E-state index is 0.171. The Balaban J connectivity index is 2.46. The summed E-state index contributed by atoms with van der Waals surface area (Å²) in [6.07, 6.45) is 0.569. The van der Waals surface area contributed by atoms with Gasteiger partial charge in [-0.05, 0) is 40.5 Å². The molecule has 0 saturated carbocycles. The van der Waals surface area contributed by atoms with Crippen molar-refractivity contribution in [1.29, 1.82) is 0 Å². The SMILES string of the molecule is CC(N)OC(=O)N1CCC(S(=O)C(C)(C)C)CC1. The van der Waals surface area contributed by atoms with Crippen molar-refractivity contribution in [1.82, 2.24) is 4.90 Å². The van der Waals surface area contributed by atoms with Gasteiger partial charge in [0.15, 0.2) is 0 Å². The molecule has 1 rings (SSSR count). The van der Waals surface area contributed by atoms with E-state index < -0.39 is 17.0 Å². The van der Waals surface area contributed by atoms with Crippen LogP contribution >= 0.6 is 0 Å². The molecule has 2 atom stereocenters. The predicted octanol–water partition coefficient (Wildman–Crippen LogP) is 1.44. The van der Waals surface area contributed by atoms with Crippen molar-refractivity contribution in [3.8, 4) is 0 Å². The molecular formula is C12H24N2O3S. The molecule has 1 fully saturated rings. The summed E-state index contributed by atoms with van der Waals surface area (Å²) in [5, 5.41) is 0.171. The zero-order valence-corrected chi connectivity index (χ0v) is 12.5. The first-order valence-corrected chi connectivity index (χ1v) is 7.55. The third-order valence-corrected chi connectivity index (χ3v) is 5.18. The Morgan fingerprint density at radius 3 is 2.28 bits per heavy atom. The monoisotopic (exact) mass is 276 g/mol. The third-order valence-electron chi connectivity index (χ3n) is 2.89. The molecule has 0 aliphatic carbocycles. The van der Waals surface area contributed by atoms with Gasteiger partial charge in [0.1, 0.15) is 6.23 Å². The van der Waals surface area contributed by atoms with Gasteiger partial charge in [-0.1, -0.05) is 0 Å². The number of nitrogens with zero attached hydrogens (tertiary/aromatic N) is 1. The van der Waals surface area contributed by atoms with Crippen molar-refractivity contribution >= 4 is 16.9 Å². The first kappa shape index (κ1) is 15.4. The fourth-order valence-electron chi connectivity index (χ4n) is 1.99. The summed E-state index contributed by atoms with van der Waals surface area (Å²) < 4.78 is 17.0. The van der Waals surface area contributed by atoms with Crippen molar-refractivity contribution in [2.24, 2.45) is 5.73 Å². The molecule has 6 heteroatoms. The van der Waals surface area contributed by atoms with Crippen LogP contribution in [0.15, 0.2) is 0 Å². The maximum absolute atomic E-state index is 12.2. The van der Waals surface area contributed by atoms with E-state index >= 15 is 0 Å². The number of nitrogens with two attached hydrogens (primary N) is 1. The van der Waals surface area contributed by atoms with Crippen LogP contribution in [0, 0.1) is 0 Å². The number of amides is 1. The summed E-state index contributed by atoms with van der Waals surface area (Å²) in [6, 6.07) is 0. The standard InChI is InChI=1S/C12H24N2O3S/c1-9(13)17-11(15)14-7-5-10(6-8-14)18(16)12(2,3)4/h9-10H,5-8,13H2,1-4H3. The first-order chi connectivity index (χ1) is 8.21. The van der Waals surface area contributed by atoms with E-state index in [1.54, 1.807) is 11.8 Å². The lowest BCUT2D eigenvalue weighted by Gasteiger charge is -2.34. The fourth-order valence-corrected chi connectivity index (χ4v) is 3.62. The van der Waals surface area contributed by atoms with Crippen LogP contribution in [0.4, 0.5) is 4.79 Å². The van der Waals surface area contributed by atoms with Gasteiger partial charge < -0.3 is 9.64 Å². The zero-order chi connectivity index (χ0) is 13.9. The highest BCUT2D eigenvalue weighted by atomic mass is 32.2. The van der Waals surface area contributed by atoms with Crippen molar-refractivity contribution in [2.75, 3.05) is 13.1 Å². The van der Waals surface area contributed by atoms with Gasteiger partial charge in [-0.2, -0.15) is 0 Å². The summed E-state index contributed by atoms with van der Waals surface area (Å²) in [5.74, 6) is 0. The van der Waals surface area contributed by atoms with E-state index in [4.69, 9.17) is 10.5 Å². The largest absolute Gasteiger partial charge is 0.431 e. The highest BCUT2D eigenvalue weighted by molar-refractivity contribution is 7.87. The van der Waals surface area contributed by atoms with Gasteiger partial charge in [-0.25, -0.2) is 4.79 Å². The number of carbonyl (C=O) groups is 1. The average molecular weight is 276 g/mol. The third kappa shape index (κ3) is 4.24. The van der Waals surface area contributed by atoms with Crippen LogP contribution in [0.25, 0.3) is 0 Å². The number of hydrogen-bond acceptors (Lipinski definition) is 4. The second kappa shape index (κ2) is 6.02. The van der Waals surface area contributed by atoms with Gasteiger partial charge in [0.05, 0.1) is 0 Å². The van der Waals surface area contributed by atoms with Crippen LogP contribution < -0.4 is 5.73 Å². The fraction of sp³-hybridized carbons (Fsp3) is 0.917. The molecule has 2 unspecified atom stereocenters. The number of piperidine rings is 1. The van der Waals surface area contributed by atoms with Crippen molar-refractivity contribution in [3.63, 3.8) is 0 Å². The van der Waals surface area contributed by atoms with Gasteiger partial charge in [-0.15, -0.1) is 0 Å². The summed E-state index contributed by atoms with van der Waals surface area (Å²) >= 11 is 0. The Morgan fingerprint density at radius 1 is 1.39 bits per heavy atom. The molecule has 0 radical (unpaired) electrons. The van der Waals surface area contributed by atoms with E-state index in [2.05, 4.69) is 0 Å². The lowest BCUT2D eigenvalue weighted by Crippen LogP contribution is -2.45. The molecular weight excluding hydrogens is 252 g/mol. The molecule has 1 saturated heterocycles. The minimum atomic E-state index is -0.866. The highest BCUT2D eigenvalue weighted by Gasteiger charge is 2.32. The molecule has 18 heavy (non-hydrogen) atoms. The Bertz CT molecular complexity index is 318. The quantitative estimate of drug-likeness (QED) is 0.775. The summed E-state index contributed by atoms with van der Waals surface area (Å²) in [5.41, 5.74) is 5.41. The smallest absolute Gasteiger partial charge is 0.411 e. The Hall–Kier alpha value is -0.620. The predicted molar refractivity (Wildman–Crippen MR) is 72.6 cm³/mol. The summed E-state index contributed by atoms with van der Waals surface area (Å²) in [7, 11) is -0.866. The van der Waals surface area contributed by atoms with Crippen LogP contribution in [0.3, 0.4) is 0 Å². The van der Waals surface area contributed by atoms with Crippen molar-refractivity contribution < 1.29 is 13.7 Å². The molecule has 0 aromatic carbocycles. The second-order valence-electron chi connectivity index (χ2n) is 5.69. The van der Waals surface area contributed by atoms with Gasteiger partial charge >= 0.3 is 6.09 Å². The maximum Gasteiger partial charge on any atom is 0.411 e. The van der Waals surface area contributed by atoms with Crippen LogP contribution in [0.2, 0.25) is 0 Å². The number of rotatable bonds is 2. The number of likely N-dealkylation sites (tertiary alicyclic amines) is 1. The normalized spacial score (nSPS) is 21.5. The molecule has 0 aromatic heterocycles. The Kier molecular flexibility index (Phi) is 5.16. The average Bonchev–Trinajstić information content (AvgIpc) is 2.26. The maximum atomic E-state index is 12.2. The van der Waals surface area contributed by atoms with Crippen LogP contribution in [0.5, 0.6) is 0 Å². The molecule has 1 amide bonds. The molecule has 5 nitrogen and oxygen atoms in total. The molecule has 1 aliphatic heterocycles. The van der Waals surface area contributed by atoms with Gasteiger partial charge in [0.2, 0.25) is 0 Å². The minimum Gasteiger partial charge on any atom is -0.431 e. The van der Waals surface area contributed by atoms with E-state index in [0.29, 0.717) is 13.1 Å². The van der Waals surface area contributed by atoms with Crippen LogP contribution in [-0.2, 0) is 15.5 Å². The lowest BCUT2D eigenvalue weighted by atomic mass is 10.1.